The molecule has 0 aromatic carbocycles. The van der Waals surface area contributed by atoms with Gasteiger partial charge >= 0.3 is 0 Å². The van der Waals surface area contributed by atoms with Gasteiger partial charge in [-0.25, -0.2) is 0 Å². The fraction of sp³-hybridized carbons (Fsp3) is 1.00. The molecule has 0 spiro atoms. The lowest BCUT2D eigenvalue weighted by atomic mass is 9.54. The maximum Gasteiger partial charge on any atom is 0.203 e. The minimum absolute atomic E-state index is 0.0241. The zero-order chi connectivity index (χ0) is 12.1. The second kappa shape index (κ2) is 4.10. The predicted molar refractivity (Wildman–Crippen MR) is 70.7 cm³/mol. The van der Waals surface area contributed by atoms with Gasteiger partial charge in [0.2, 0.25) is 7.37 Å². The summed E-state index contributed by atoms with van der Waals surface area (Å²) in [5.41, 5.74) is 0.0241. The Kier molecular flexibility index (Phi) is 2.95. The van der Waals surface area contributed by atoms with Gasteiger partial charge in [0.05, 0.1) is 5.60 Å². The van der Waals surface area contributed by atoms with Crippen LogP contribution in [0.1, 0.15) is 52.4 Å². The van der Waals surface area contributed by atoms with Crippen LogP contribution >= 0.6 is 7.37 Å². The van der Waals surface area contributed by atoms with Crippen LogP contribution in [-0.2, 0) is 9.09 Å². The Bertz CT molecular complexity index is 307. The van der Waals surface area contributed by atoms with E-state index in [1.54, 1.807) is 0 Å². The first-order chi connectivity index (χ1) is 8.06. The lowest BCUT2D eigenvalue weighted by Crippen LogP contribution is -2.51. The highest BCUT2D eigenvalue weighted by molar-refractivity contribution is 7.58. The molecule has 4 aliphatic rings. The van der Waals surface area contributed by atoms with E-state index in [-0.39, 0.29) is 5.60 Å². The van der Waals surface area contributed by atoms with Gasteiger partial charge < -0.3 is 4.52 Å². The van der Waals surface area contributed by atoms with Crippen LogP contribution in [0.25, 0.3) is 0 Å². The summed E-state index contributed by atoms with van der Waals surface area (Å²) >= 11 is 0. The molecular formula is C14H25O2P. The Hall–Kier alpha value is 0.190. The summed E-state index contributed by atoms with van der Waals surface area (Å²) < 4.78 is 18.9. The third kappa shape index (κ3) is 2.12. The first-order valence-corrected chi connectivity index (χ1v) is 9.35. The minimum atomic E-state index is -2.33. The maximum absolute atomic E-state index is 12.6. The van der Waals surface area contributed by atoms with Crippen LogP contribution in [0.15, 0.2) is 0 Å². The van der Waals surface area contributed by atoms with E-state index in [0.29, 0.717) is 12.3 Å². The van der Waals surface area contributed by atoms with Gasteiger partial charge in [-0.05, 0) is 56.3 Å². The summed E-state index contributed by atoms with van der Waals surface area (Å²) in [6.07, 6.45) is 9.28. The quantitative estimate of drug-likeness (QED) is 0.701. The highest BCUT2D eigenvalue weighted by Crippen LogP contribution is 2.62. The van der Waals surface area contributed by atoms with Crippen LogP contribution in [0.3, 0.4) is 0 Å². The minimum Gasteiger partial charge on any atom is -0.322 e. The van der Waals surface area contributed by atoms with Crippen LogP contribution < -0.4 is 0 Å². The molecule has 0 heterocycles. The van der Waals surface area contributed by atoms with Crippen molar-refractivity contribution in [3.05, 3.63) is 0 Å². The molecular weight excluding hydrogens is 231 g/mol. The second-order valence-electron chi connectivity index (χ2n) is 6.64. The zero-order valence-electron chi connectivity index (χ0n) is 11.2. The van der Waals surface area contributed by atoms with Gasteiger partial charge in [-0.2, -0.15) is 0 Å². The van der Waals surface area contributed by atoms with Crippen molar-refractivity contribution in [3.63, 3.8) is 0 Å². The average molecular weight is 256 g/mol. The molecule has 4 saturated carbocycles. The van der Waals surface area contributed by atoms with Crippen molar-refractivity contribution in [3.8, 4) is 0 Å². The van der Waals surface area contributed by atoms with Crippen LogP contribution in [0.5, 0.6) is 0 Å². The lowest BCUT2D eigenvalue weighted by Gasteiger charge is -2.56. The van der Waals surface area contributed by atoms with E-state index < -0.39 is 7.37 Å². The van der Waals surface area contributed by atoms with Crippen LogP contribution in [-0.4, -0.2) is 17.9 Å². The summed E-state index contributed by atoms with van der Waals surface area (Å²) in [5.74, 6) is 2.63. The molecule has 17 heavy (non-hydrogen) atoms. The Labute approximate surface area is 105 Å². The molecule has 0 aliphatic heterocycles. The van der Waals surface area contributed by atoms with Gasteiger partial charge in [-0.3, -0.25) is 4.57 Å². The fourth-order valence-electron chi connectivity index (χ4n) is 4.85. The second-order valence-corrected chi connectivity index (χ2v) is 9.72. The molecule has 0 aromatic rings. The molecule has 0 saturated heterocycles. The van der Waals surface area contributed by atoms with Gasteiger partial charge in [0.25, 0.3) is 0 Å². The summed E-state index contributed by atoms with van der Waals surface area (Å²) in [4.78, 5) is 0. The summed E-state index contributed by atoms with van der Waals surface area (Å²) in [6, 6.07) is 0. The normalized spacial score (nSPS) is 44.2. The Balaban J connectivity index is 1.80. The van der Waals surface area contributed by atoms with Crippen molar-refractivity contribution >= 4 is 7.37 Å². The molecule has 0 amide bonds. The van der Waals surface area contributed by atoms with E-state index >= 15 is 0 Å². The van der Waals surface area contributed by atoms with Crippen LogP contribution in [0.4, 0.5) is 0 Å². The van der Waals surface area contributed by atoms with E-state index in [1.807, 2.05) is 13.8 Å². The summed E-state index contributed by atoms with van der Waals surface area (Å²) in [5, 5.41) is 0. The Morgan fingerprint density at radius 3 is 1.76 bits per heavy atom. The fourth-order valence-corrected chi connectivity index (χ4v) is 6.48. The predicted octanol–water partition coefficient (Wildman–Crippen LogP) is 4.29. The van der Waals surface area contributed by atoms with E-state index in [4.69, 9.17) is 4.52 Å². The Morgan fingerprint density at radius 1 is 1.00 bits per heavy atom. The van der Waals surface area contributed by atoms with E-state index in [0.717, 1.165) is 17.8 Å². The van der Waals surface area contributed by atoms with Gasteiger partial charge in [-0.15, -0.1) is 0 Å². The molecule has 4 bridgehead atoms. The monoisotopic (exact) mass is 256 g/mol. The van der Waals surface area contributed by atoms with Crippen LogP contribution in [0, 0.1) is 17.8 Å². The van der Waals surface area contributed by atoms with E-state index in [1.165, 1.54) is 38.5 Å². The molecule has 4 fully saturated rings. The number of hydrogen-bond donors (Lipinski definition) is 0. The maximum atomic E-state index is 12.6. The standard InChI is InChI=1S/C14H25O2P/c1-3-17(15,4-2)16-14-8-11-5-12(9-14)7-13(6-11)10-14/h11-13H,3-10H2,1-2H3. The molecule has 0 unspecified atom stereocenters. The average Bonchev–Trinajstić information content (AvgIpc) is 2.26. The SMILES string of the molecule is CCP(=O)(CC)OC12CC3CC(CC(C3)C1)C2. The first kappa shape index (κ1) is 12.2. The van der Waals surface area contributed by atoms with Gasteiger partial charge in [0, 0.05) is 12.3 Å². The molecule has 0 N–H and O–H groups in total. The van der Waals surface area contributed by atoms with Gasteiger partial charge in [0.15, 0.2) is 0 Å². The highest BCUT2D eigenvalue weighted by atomic mass is 31.2. The van der Waals surface area contributed by atoms with Crippen molar-refractivity contribution in [2.75, 3.05) is 12.3 Å². The molecule has 0 radical (unpaired) electrons. The van der Waals surface area contributed by atoms with Crippen molar-refractivity contribution in [1.82, 2.24) is 0 Å². The topological polar surface area (TPSA) is 26.3 Å². The third-order valence-corrected chi connectivity index (χ3v) is 7.95. The molecule has 3 heteroatoms. The number of hydrogen-bond acceptors (Lipinski definition) is 2. The Morgan fingerprint density at radius 2 is 1.41 bits per heavy atom. The van der Waals surface area contributed by atoms with Gasteiger partial charge in [-0.1, -0.05) is 13.8 Å². The van der Waals surface area contributed by atoms with Crippen molar-refractivity contribution in [1.29, 1.82) is 0 Å². The summed E-state index contributed by atoms with van der Waals surface area (Å²) in [7, 11) is -2.33. The summed E-state index contributed by atoms with van der Waals surface area (Å²) in [6.45, 7) is 4.04. The molecule has 98 valence electrons. The van der Waals surface area contributed by atoms with Crippen molar-refractivity contribution in [2.24, 2.45) is 17.8 Å². The molecule has 0 aromatic heterocycles. The van der Waals surface area contributed by atoms with Crippen LogP contribution in [0.2, 0.25) is 0 Å². The molecule has 4 aliphatic carbocycles. The lowest BCUT2D eigenvalue weighted by molar-refractivity contribution is -0.106. The third-order valence-electron chi connectivity index (χ3n) is 5.31. The van der Waals surface area contributed by atoms with Crippen molar-refractivity contribution < 1.29 is 9.09 Å². The smallest absolute Gasteiger partial charge is 0.203 e. The van der Waals surface area contributed by atoms with Crippen molar-refractivity contribution in [2.45, 2.75) is 58.0 Å². The number of rotatable bonds is 4. The first-order valence-electron chi connectivity index (χ1n) is 7.35. The molecule has 2 nitrogen and oxygen atoms in total. The molecule has 4 rings (SSSR count). The zero-order valence-corrected chi connectivity index (χ0v) is 12.0. The largest absolute Gasteiger partial charge is 0.322 e. The highest BCUT2D eigenvalue weighted by Gasteiger charge is 2.53. The van der Waals surface area contributed by atoms with Gasteiger partial charge in [0.1, 0.15) is 0 Å². The van der Waals surface area contributed by atoms with E-state index in [9.17, 15) is 4.57 Å². The molecule has 0 atom stereocenters. The van der Waals surface area contributed by atoms with E-state index in [2.05, 4.69) is 0 Å².